The molecule has 3 aromatic rings. The monoisotopic (exact) mass is 369 g/mol. The van der Waals surface area contributed by atoms with Crippen LogP contribution >= 0.6 is 11.3 Å². The minimum absolute atomic E-state index is 0.141. The van der Waals surface area contributed by atoms with Gasteiger partial charge in [-0.1, -0.05) is 11.3 Å². The SMILES string of the molecule is COc1ccc2sc(N3CCC(NC(=O)c4ccncn4)CC3)nc2c1. The molecule has 3 heterocycles. The Bertz CT molecular complexity index is 906. The van der Waals surface area contributed by atoms with Crippen LogP contribution in [-0.2, 0) is 0 Å². The summed E-state index contributed by atoms with van der Waals surface area (Å²) in [4.78, 5) is 27.1. The Morgan fingerprint density at radius 2 is 2.15 bits per heavy atom. The maximum atomic E-state index is 12.2. The van der Waals surface area contributed by atoms with E-state index in [0.717, 1.165) is 47.0 Å². The van der Waals surface area contributed by atoms with Gasteiger partial charge in [0.25, 0.3) is 5.91 Å². The predicted molar refractivity (Wildman–Crippen MR) is 101 cm³/mol. The molecule has 7 nitrogen and oxygen atoms in total. The molecule has 1 saturated heterocycles. The van der Waals surface area contributed by atoms with E-state index in [4.69, 9.17) is 9.72 Å². The number of benzene rings is 1. The molecule has 0 radical (unpaired) electrons. The summed E-state index contributed by atoms with van der Waals surface area (Å²) < 4.78 is 6.42. The zero-order chi connectivity index (χ0) is 17.9. The first-order chi connectivity index (χ1) is 12.7. The van der Waals surface area contributed by atoms with E-state index in [1.165, 1.54) is 6.33 Å². The molecule has 0 bridgehead atoms. The zero-order valence-electron chi connectivity index (χ0n) is 14.4. The number of rotatable bonds is 4. The topological polar surface area (TPSA) is 80.2 Å². The van der Waals surface area contributed by atoms with Crippen LogP contribution in [0.5, 0.6) is 5.75 Å². The minimum Gasteiger partial charge on any atom is -0.497 e. The van der Waals surface area contributed by atoms with Gasteiger partial charge >= 0.3 is 0 Å². The van der Waals surface area contributed by atoms with Crippen LogP contribution in [0.3, 0.4) is 0 Å². The van der Waals surface area contributed by atoms with Gasteiger partial charge in [0.2, 0.25) is 0 Å². The number of hydrogen-bond acceptors (Lipinski definition) is 7. The van der Waals surface area contributed by atoms with Crippen LogP contribution in [0.1, 0.15) is 23.3 Å². The molecule has 1 fully saturated rings. The number of amides is 1. The van der Waals surface area contributed by atoms with Crippen LogP contribution in [0.25, 0.3) is 10.2 Å². The molecule has 0 saturated carbocycles. The summed E-state index contributed by atoms with van der Waals surface area (Å²) in [6.07, 6.45) is 4.73. The van der Waals surface area contributed by atoms with Crippen molar-refractivity contribution >= 4 is 32.6 Å². The van der Waals surface area contributed by atoms with Gasteiger partial charge in [-0.15, -0.1) is 0 Å². The van der Waals surface area contributed by atoms with E-state index < -0.39 is 0 Å². The summed E-state index contributed by atoms with van der Waals surface area (Å²) in [5.74, 6) is 0.679. The van der Waals surface area contributed by atoms with E-state index in [1.807, 2.05) is 18.2 Å². The maximum absolute atomic E-state index is 12.2. The van der Waals surface area contributed by atoms with Crippen molar-refractivity contribution in [2.24, 2.45) is 0 Å². The Labute approximate surface area is 155 Å². The molecule has 0 aliphatic carbocycles. The lowest BCUT2D eigenvalue weighted by atomic mass is 10.1. The number of anilines is 1. The van der Waals surface area contributed by atoms with Crippen LogP contribution in [-0.4, -0.2) is 47.1 Å². The van der Waals surface area contributed by atoms with E-state index in [1.54, 1.807) is 30.7 Å². The van der Waals surface area contributed by atoms with Crippen molar-refractivity contribution in [1.82, 2.24) is 20.3 Å². The van der Waals surface area contributed by atoms with Gasteiger partial charge in [-0.25, -0.2) is 15.0 Å². The second-order valence-corrected chi connectivity index (χ2v) is 7.17. The van der Waals surface area contributed by atoms with Gasteiger partial charge in [0, 0.05) is 31.4 Å². The third kappa shape index (κ3) is 3.45. The minimum atomic E-state index is -0.141. The summed E-state index contributed by atoms with van der Waals surface area (Å²) in [6.45, 7) is 1.73. The molecule has 4 rings (SSSR count). The van der Waals surface area contributed by atoms with Gasteiger partial charge in [0.15, 0.2) is 5.13 Å². The number of aromatic nitrogens is 3. The van der Waals surface area contributed by atoms with Gasteiger partial charge in [0.1, 0.15) is 17.8 Å². The third-order valence-electron chi connectivity index (χ3n) is 4.50. The second-order valence-electron chi connectivity index (χ2n) is 6.16. The highest BCUT2D eigenvalue weighted by Crippen LogP contribution is 2.32. The van der Waals surface area contributed by atoms with E-state index in [-0.39, 0.29) is 11.9 Å². The van der Waals surface area contributed by atoms with Gasteiger partial charge in [-0.3, -0.25) is 4.79 Å². The number of nitrogens with zero attached hydrogens (tertiary/aromatic N) is 4. The summed E-state index contributed by atoms with van der Waals surface area (Å²) in [6, 6.07) is 7.75. The highest BCUT2D eigenvalue weighted by atomic mass is 32.1. The van der Waals surface area contributed by atoms with Crippen molar-refractivity contribution in [2.75, 3.05) is 25.1 Å². The van der Waals surface area contributed by atoms with Gasteiger partial charge in [-0.2, -0.15) is 0 Å². The lowest BCUT2D eigenvalue weighted by molar-refractivity contribution is 0.0926. The smallest absolute Gasteiger partial charge is 0.270 e. The first-order valence-corrected chi connectivity index (χ1v) is 9.31. The van der Waals surface area contributed by atoms with E-state index in [0.29, 0.717) is 5.69 Å². The Morgan fingerprint density at radius 3 is 2.88 bits per heavy atom. The first kappa shape index (κ1) is 16.7. The molecule has 26 heavy (non-hydrogen) atoms. The van der Waals surface area contributed by atoms with Gasteiger partial charge in [0.05, 0.1) is 17.3 Å². The van der Waals surface area contributed by atoms with E-state index in [2.05, 4.69) is 20.2 Å². The molecular formula is C18H19N5O2S. The van der Waals surface area contributed by atoms with E-state index >= 15 is 0 Å². The Morgan fingerprint density at radius 1 is 1.31 bits per heavy atom. The Kier molecular flexibility index (Phi) is 4.66. The molecule has 8 heteroatoms. The highest BCUT2D eigenvalue weighted by Gasteiger charge is 2.23. The van der Waals surface area contributed by atoms with Crippen LogP contribution in [0.15, 0.2) is 36.8 Å². The molecular weight excluding hydrogens is 350 g/mol. The number of methoxy groups -OCH3 is 1. The summed E-state index contributed by atoms with van der Waals surface area (Å²) in [7, 11) is 1.66. The van der Waals surface area contributed by atoms with Crippen LogP contribution in [0.2, 0.25) is 0 Å². The molecule has 0 spiro atoms. The molecule has 1 aromatic carbocycles. The van der Waals surface area contributed by atoms with Crippen LogP contribution in [0.4, 0.5) is 5.13 Å². The van der Waals surface area contributed by atoms with Crippen molar-refractivity contribution in [3.05, 3.63) is 42.5 Å². The molecule has 134 valence electrons. The quantitative estimate of drug-likeness (QED) is 0.761. The Balaban J connectivity index is 1.38. The molecule has 1 aliphatic rings. The number of hydrogen-bond donors (Lipinski definition) is 1. The third-order valence-corrected chi connectivity index (χ3v) is 5.60. The van der Waals surface area contributed by atoms with Gasteiger partial charge in [-0.05, 0) is 31.0 Å². The molecule has 1 N–H and O–H groups in total. The van der Waals surface area contributed by atoms with Crippen molar-refractivity contribution < 1.29 is 9.53 Å². The second kappa shape index (κ2) is 7.25. The van der Waals surface area contributed by atoms with Gasteiger partial charge < -0.3 is 15.0 Å². The fourth-order valence-corrected chi connectivity index (χ4v) is 4.05. The summed E-state index contributed by atoms with van der Waals surface area (Å²) >= 11 is 1.69. The average molecular weight is 369 g/mol. The number of ether oxygens (including phenoxy) is 1. The van der Waals surface area contributed by atoms with Crippen molar-refractivity contribution in [3.8, 4) is 5.75 Å². The van der Waals surface area contributed by atoms with Crippen molar-refractivity contribution in [1.29, 1.82) is 0 Å². The Hall–Kier alpha value is -2.74. The fourth-order valence-electron chi connectivity index (χ4n) is 3.06. The first-order valence-electron chi connectivity index (χ1n) is 8.49. The predicted octanol–water partition coefficient (Wildman–Crippen LogP) is 2.49. The number of fused-ring (bicyclic) bond motifs is 1. The van der Waals surface area contributed by atoms with Crippen LogP contribution in [0, 0.1) is 0 Å². The number of thiazole rings is 1. The van der Waals surface area contributed by atoms with Crippen molar-refractivity contribution in [2.45, 2.75) is 18.9 Å². The lowest BCUT2D eigenvalue weighted by Crippen LogP contribution is -2.44. The number of carbonyl (C=O) groups excluding carboxylic acids is 1. The molecule has 1 amide bonds. The normalized spacial score (nSPS) is 15.2. The highest BCUT2D eigenvalue weighted by molar-refractivity contribution is 7.22. The standard InChI is InChI=1S/C18H19N5O2S/c1-25-13-2-3-16-15(10-13)22-18(26-16)23-8-5-12(6-9-23)21-17(24)14-4-7-19-11-20-14/h2-4,7,10-12H,5-6,8-9H2,1H3,(H,21,24). The number of nitrogens with one attached hydrogen (secondary N) is 1. The molecule has 0 unspecified atom stereocenters. The molecule has 2 aromatic heterocycles. The average Bonchev–Trinajstić information content (AvgIpc) is 3.12. The largest absolute Gasteiger partial charge is 0.497 e. The van der Waals surface area contributed by atoms with E-state index in [9.17, 15) is 4.79 Å². The number of carbonyl (C=O) groups is 1. The number of piperidine rings is 1. The van der Waals surface area contributed by atoms with Crippen LogP contribution < -0.4 is 15.0 Å². The zero-order valence-corrected chi connectivity index (χ0v) is 15.2. The fraction of sp³-hybridized carbons (Fsp3) is 0.333. The maximum Gasteiger partial charge on any atom is 0.270 e. The lowest BCUT2D eigenvalue weighted by Gasteiger charge is -2.32. The molecule has 1 aliphatic heterocycles. The van der Waals surface area contributed by atoms with Crippen molar-refractivity contribution in [3.63, 3.8) is 0 Å². The molecule has 0 atom stereocenters. The summed E-state index contributed by atoms with van der Waals surface area (Å²) in [5.41, 5.74) is 1.37. The summed E-state index contributed by atoms with van der Waals surface area (Å²) in [5, 5.41) is 4.08.